The number of rotatable bonds is 8. The maximum Gasteiger partial charge on any atom is 0.269 e. The number of methoxy groups -OCH3 is 2. The van der Waals surface area contributed by atoms with Gasteiger partial charge >= 0.3 is 0 Å². The maximum absolute atomic E-state index is 12.5. The highest BCUT2D eigenvalue weighted by molar-refractivity contribution is 8.00. The minimum absolute atomic E-state index is 0.00339. The number of ether oxygens (including phenoxy) is 2. The first-order valence-electron chi connectivity index (χ1n) is 9.50. The van der Waals surface area contributed by atoms with Crippen LogP contribution in [0.3, 0.4) is 0 Å². The number of anilines is 1. The average Bonchev–Trinajstić information content (AvgIpc) is 3.28. The Morgan fingerprint density at radius 1 is 1.15 bits per heavy atom. The molecule has 4 aromatic rings. The van der Waals surface area contributed by atoms with Gasteiger partial charge in [-0.15, -0.1) is 0 Å². The number of non-ortho nitro benzene ring substituents is 1. The van der Waals surface area contributed by atoms with Crippen molar-refractivity contribution < 1.29 is 19.2 Å². The summed E-state index contributed by atoms with van der Waals surface area (Å²) in [7, 11) is 3.07. The zero-order chi connectivity index (χ0) is 23.4. The molecule has 0 aliphatic heterocycles. The minimum atomic E-state index is -0.452. The lowest BCUT2D eigenvalue weighted by molar-refractivity contribution is -0.384. The first kappa shape index (κ1) is 22.4. The van der Waals surface area contributed by atoms with E-state index in [0.717, 1.165) is 4.70 Å². The molecule has 33 heavy (non-hydrogen) atoms. The molecule has 1 amide bonds. The van der Waals surface area contributed by atoms with Crippen LogP contribution in [0.25, 0.3) is 21.5 Å². The van der Waals surface area contributed by atoms with Crippen LogP contribution in [-0.4, -0.2) is 45.1 Å². The van der Waals surface area contributed by atoms with Gasteiger partial charge in [-0.3, -0.25) is 14.9 Å². The van der Waals surface area contributed by atoms with Crippen LogP contribution in [0.1, 0.15) is 0 Å². The summed E-state index contributed by atoms with van der Waals surface area (Å²) in [6, 6.07) is 11.3. The summed E-state index contributed by atoms with van der Waals surface area (Å²) in [5, 5.41) is 14.3. The van der Waals surface area contributed by atoms with E-state index in [1.807, 2.05) is 0 Å². The quantitative estimate of drug-likeness (QED) is 0.168. The molecule has 2 aromatic heterocycles. The number of amides is 1. The molecule has 0 radical (unpaired) electrons. The monoisotopic (exact) mass is 483 g/mol. The van der Waals surface area contributed by atoms with Gasteiger partial charge in [0.15, 0.2) is 0 Å². The molecule has 12 heteroatoms. The lowest BCUT2D eigenvalue weighted by Gasteiger charge is -2.11. The van der Waals surface area contributed by atoms with Gasteiger partial charge in [-0.1, -0.05) is 11.8 Å². The highest BCUT2D eigenvalue weighted by Gasteiger charge is 2.17. The molecule has 0 saturated carbocycles. The predicted molar refractivity (Wildman–Crippen MR) is 126 cm³/mol. The molecule has 0 unspecified atom stereocenters. The number of hydrogen-bond donors (Lipinski definition) is 1. The van der Waals surface area contributed by atoms with Crippen molar-refractivity contribution in [2.24, 2.45) is 0 Å². The van der Waals surface area contributed by atoms with Crippen molar-refractivity contribution in [3.05, 3.63) is 58.9 Å². The SMILES string of the molecule is COc1ccc(NC(=O)CSc2ncnc3c(-c4ccc([N+](=O)[O-])cc4)nsc23)c(OC)c1. The summed E-state index contributed by atoms with van der Waals surface area (Å²) < 4.78 is 15.7. The molecule has 0 atom stereocenters. The third-order valence-corrected chi connectivity index (χ3v) is 6.56. The lowest BCUT2D eigenvalue weighted by atomic mass is 10.1. The zero-order valence-corrected chi connectivity index (χ0v) is 19.1. The number of nitro groups is 1. The van der Waals surface area contributed by atoms with Gasteiger partial charge in [-0.05, 0) is 35.8 Å². The Labute approximate surface area is 196 Å². The molecule has 0 spiro atoms. The largest absolute Gasteiger partial charge is 0.497 e. The number of carbonyl (C=O) groups excluding carboxylic acids is 1. The standard InChI is InChI=1S/C21H17N5O5S2/c1-30-14-7-8-15(16(9-14)31-2)24-17(27)10-32-21-20-19(22-11-23-21)18(25-33-20)12-3-5-13(6-4-12)26(28)29/h3-9,11H,10H2,1-2H3,(H,24,27). The first-order chi connectivity index (χ1) is 16.0. The number of thioether (sulfide) groups is 1. The van der Waals surface area contributed by atoms with Gasteiger partial charge in [0.1, 0.15) is 38.8 Å². The highest BCUT2D eigenvalue weighted by Crippen LogP contribution is 2.35. The molecule has 2 heterocycles. The van der Waals surface area contributed by atoms with E-state index < -0.39 is 4.92 Å². The third-order valence-electron chi connectivity index (χ3n) is 4.60. The molecule has 0 aliphatic carbocycles. The van der Waals surface area contributed by atoms with Crippen molar-refractivity contribution >= 4 is 50.8 Å². The van der Waals surface area contributed by atoms with Gasteiger partial charge in [-0.2, -0.15) is 4.37 Å². The summed E-state index contributed by atoms with van der Waals surface area (Å²) in [5.41, 5.74) is 2.50. The molecule has 4 rings (SSSR count). The van der Waals surface area contributed by atoms with E-state index in [1.165, 1.54) is 48.9 Å². The van der Waals surface area contributed by atoms with Crippen LogP contribution in [0, 0.1) is 10.1 Å². The first-order valence-corrected chi connectivity index (χ1v) is 11.3. The second-order valence-corrected chi connectivity index (χ2v) is 8.33. The fourth-order valence-electron chi connectivity index (χ4n) is 3.00. The fourth-order valence-corrected chi connectivity index (χ4v) is 4.72. The number of nitrogens with one attached hydrogen (secondary N) is 1. The number of nitro benzene ring substituents is 1. The van der Waals surface area contributed by atoms with E-state index in [4.69, 9.17) is 9.47 Å². The van der Waals surface area contributed by atoms with Crippen molar-refractivity contribution in [1.82, 2.24) is 14.3 Å². The van der Waals surface area contributed by atoms with Crippen LogP contribution >= 0.6 is 23.3 Å². The van der Waals surface area contributed by atoms with Gasteiger partial charge in [0.05, 0.1) is 30.6 Å². The predicted octanol–water partition coefficient (Wildman–Crippen LogP) is 4.41. The Balaban J connectivity index is 1.49. The second kappa shape index (κ2) is 9.79. The van der Waals surface area contributed by atoms with Crippen molar-refractivity contribution in [1.29, 1.82) is 0 Å². The molecule has 168 valence electrons. The topological polar surface area (TPSA) is 129 Å². The maximum atomic E-state index is 12.5. The van der Waals surface area contributed by atoms with Crippen molar-refractivity contribution in [2.45, 2.75) is 5.03 Å². The molecule has 0 saturated heterocycles. The molecule has 0 fully saturated rings. The Morgan fingerprint density at radius 3 is 2.64 bits per heavy atom. The van der Waals surface area contributed by atoms with E-state index in [9.17, 15) is 14.9 Å². The smallest absolute Gasteiger partial charge is 0.269 e. The van der Waals surface area contributed by atoms with Gasteiger partial charge < -0.3 is 14.8 Å². The van der Waals surface area contributed by atoms with Crippen LogP contribution in [0.15, 0.2) is 53.8 Å². The summed E-state index contributed by atoms with van der Waals surface area (Å²) in [5.74, 6) is 1.01. The van der Waals surface area contributed by atoms with E-state index in [0.29, 0.717) is 39.0 Å². The Hall–Kier alpha value is -3.77. The molecule has 0 bridgehead atoms. The van der Waals surface area contributed by atoms with Crippen LogP contribution in [0.2, 0.25) is 0 Å². The average molecular weight is 484 g/mol. The van der Waals surface area contributed by atoms with E-state index in [-0.39, 0.29) is 17.3 Å². The number of fused-ring (bicyclic) bond motifs is 1. The van der Waals surface area contributed by atoms with E-state index in [1.54, 1.807) is 37.4 Å². The fraction of sp³-hybridized carbons (Fsp3) is 0.143. The number of carbonyl (C=O) groups is 1. The minimum Gasteiger partial charge on any atom is -0.497 e. The number of benzene rings is 2. The Morgan fingerprint density at radius 2 is 1.94 bits per heavy atom. The number of nitrogens with zero attached hydrogens (tertiary/aromatic N) is 4. The lowest BCUT2D eigenvalue weighted by Crippen LogP contribution is -2.14. The molecule has 10 nitrogen and oxygen atoms in total. The summed E-state index contributed by atoms with van der Waals surface area (Å²) in [6.45, 7) is 0. The van der Waals surface area contributed by atoms with Gasteiger partial charge in [-0.25, -0.2) is 9.97 Å². The zero-order valence-electron chi connectivity index (χ0n) is 17.5. The van der Waals surface area contributed by atoms with Crippen molar-refractivity contribution in [3.63, 3.8) is 0 Å². The third kappa shape index (κ3) is 4.86. The number of aromatic nitrogens is 3. The van der Waals surface area contributed by atoms with E-state index in [2.05, 4.69) is 19.7 Å². The Kier molecular flexibility index (Phi) is 6.66. The van der Waals surface area contributed by atoms with Gasteiger partial charge in [0.25, 0.3) is 5.69 Å². The summed E-state index contributed by atoms with van der Waals surface area (Å²) in [6.07, 6.45) is 1.42. The molecule has 2 aromatic carbocycles. The van der Waals surface area contributed by atoms with Crippen LogP contribution in [-0.2, 0) is 4.79 Å². The molecular weight excluding hydrogens is 466 g/mol. The number of hydrogen-bond acceptors (Lipinski definition) is 10. The van der Waals surface area contributed by atoms with Gasteiger partial charge in [0, 0.05) is 23.8 Å². The molecule has 1 N–H and O–H groups in total. The highest BCUT2D eigenvalue weighted by atomic mass is 32.2. The van der Waals surface area contributed by atoms with Crippen LogP contribution in [0.5, 0.6) is 11.5 Å². The van der Waals surface area contributed by atoms with Crippen molar-refractivity contribution in [3.8, 4) is 22.8 Å². The summed E-state index contributed by atoms with van der Waals surface area (Å²) in [4.78, 5) is 31.6. The normalized spacial score (nSPS) is 10.7. The Bertz CT molecular complexity index is 1330. The second-order valence-electron chi connectivity index (χ2n) is 6.59. The molecule has 0 aliphatic rings. The van der Waals surface area contributed by atoms with Crippen LogP contribution < -0.4 is 14.8 Å². The van der Waals surface area contributed by atoms with Crippen molar-refractivity contribution in [2.75, 3.05) is 25.3 Å². The van der Waals surface area contributed by atoms with E-state index >= 15 is 0 Å². The summed E-state index contributed by atoms with van der Waals surface area (Å²) >= 11 is 2.48. The molecular formula is C21H17N5O5S2. The van der Waals surface area contributed by atoms with Crippen LogP contribution in [0.4, 0.5) is 11.4 Å². The van der Waals surface area contributed by atoms with Gasteiger partial charge in [0.2, 0.25) is 5.91 Å².